The number of rotatable bonds is 3. The van der Waals surface area contributed by atoms with Crippen molar-refractivity contribution in [2.75, 3.05) is 12.4 Å². The minimum atomic E-state index is -0.358. The Morgan fingerprint density at radius 3 is 2.80 bits per heavy atom. The average molecular weight is 296 g/mol. The van der Waals surface area contributed by atoms with Crippen molar-refractivity contribution in [1.82, 2.24) is 0 Å². The van der Waals surface area contributed by atoms with Crippen LogP contribution in [-0.4, -0.2) is 19.1 Å². The summed E-state index contributed by atoms with van der Waals surface area (Å²) in [6.45, 7) is 4.55. The lowest BCUT2D eigenvalue weighted by Gasteiger charge is -2.40. The standard InChI is InChI=1S/C16H22ClNO2/c1-16(2)9-5-4-6-14(16)18-13-8-7-11(17)10-12(13)15(19)20-3/h7-8,10,14,18H,4-6,9H2,1-3H3. The van der Waals surface area contributed by atoms with Crippen molar-refractivity contribution in [2.45, 2.75) is 45.6 Å². The summed E-state index contributed by atoms with van der Waals surface area (Å²) in [5.74, 6) is -0.358. The van der Waals surface area contributed by atoms with Gasteiger partial charge in [0.2, 0.25) is 0 Å². The van der Waals surface area contributed by atoms with Gasteiger partial charge in [0, 0.05) is 16.8 Å². The molecule has 1 atom stereocenters. The van der Waals surface area contributed by atoms with E-state index in [2.05, 4.69) is 19.2 Å². The van der Waals surface area contributed by atoms with Gasteiger partial charge in [0.1, 0.15) is 0 Å². The van der Waals surface area contributed by atoms with Crippen molar-refractivity contribution < 1.29 is 9.53 Å². The Balaban J connectivity index is 2.26. The number of esters is 1. The third-order valence-corrected chi connectivity index (χ3v) is 4.46. The molecule has 0 saturated heterocycles. The molecule has 1 aromatic rings. The molecule has 3 nitrogen and oxygen atoms in total. The fourth-order valence-electron chi connectivity index (χ4n) is 2.87. The van der Waals surface area contributed by atoms with E-state index in [9.17, 15) is 4.79 Å². The number of halogens is 1. The molecule has 1 aliphatic rings. The van der Waals surface area contributed by atoms with E-state index in [0.29, 0.717) is 16.6 Å². The third kappa shape index (κ3) is 3.26. The van der Waals surface area contributed by atoms with Crippen molar-refractivity contribution in [3.05, 3.63) is 28.8 Å². The zero-order valence-corrected chi connectivity index (χ0v) is 13.1. The number of carbonyl (C=O) groups is 1. The molecule has 0 aliphatic heterocycles. The van der Waals surface area contributed by atoms with E-state index in [4.69, 9.17) is 16.3 Å². The maximum Gasteiger partial charge on any atom is 0.340 e. The van der Waals surface area contributed by atoms with Crippen molar-refractivity contribution in [2.24, 2.45) is 5.41 Å². The van der Waals surface area contributed by atoms with Crippen molar-refractivity contribution in [1.29, 1.82) is 0 Å². The van der Waals surface area contributed by atoms with Crippen LogP contribution in [0.4, 0.5) is 5.69 Å². The number of benzene rings is 1. The highest BCUT2D eigenvalue weighted by Crippen LogP contribution is 2.38. The van der Waals surface area contributed by atoms with E-state index in [1.807, 2.05) is 6.07 Å². The molecule has 1 fully saturated rings. The molecule has 0 amide bonds. The number of carbonyl (C=O) groups excluding carboxylic acids is 1. The fraction of sp³-hybridized carbons (Fsp3) is 0.562. The van der Waals surface area contributed by atoms with Crippen LogP contribution in [-0.2, 0) is 4.74 Å². The lowest BCUT2D eigenvalue weighted by atomic mass is 9.73. The molecular weight excluding hydrogens is 274 g/mol. The zero-order chi connectivity index (χ0) is 14.8. The molecule has 0 radical (unpaired) electrons. The summed E-state index contributed by atoms with van der Waals surface area (Å²) in [5.41, 5.74) is 1.54. The molecule has 1 aliphatic carbocycles. The molecule has 0 heterocycles. The Hall–Kier alpha value is -1.22. The summed E-state index contributed by atoms with van der Waals surface area (Å²) in [6, 6.07) is 5.68. The largest absolute Gasteiger partial charge is 0.465 e. The maximum atomic E-state index is 11.9. The molecule has 1 N–H and O–H groups in total. The van der Waals surface area contributed by atoms with Crippen molar-refractivity contribution >= 4 is 23.3 Å². The maximum absolute atomic E-state index is 11.9. The fourth-order valence-corrected chi connectivity index (χ4v) is 3.04. The number of methoxy groups -OCH3 is 1. The molecular formula is C16H22ClNO2. The molecule has 0 spiro atoms. The van der Waals surface area contributed by atoms with Crippen LogP contribution in [0.25, 0.3) is 0 Å². The van der Waals surface area contributed by atoms with Gasteiger partial charge >= 0.3 is 5.97 Å². The van der Waals surface area contributed by atoms with Gasteiger partial charge in [-0.05, 0) is 36.5 Å². The van der Waals surface area contributed by atoms with Gasteiger partial charge in [0.05, 0.1) is 12.7 Å². The molecule has 0 bridgehead atoms. The first-order valence-corrected chi connectivity index (χ1v) is 7.46. The van der Waals surface area contributed by atoms with Crippen LogP contribution in [0, 0.1) is 5.41 Å². The van der Waals surface area contributed by atoms with Gasteiger partial charge in [-0.15, -0.1) is 0 Å². The van der Waals surface area contributed by atoms with Gasteiger partial charge in [-0.2, -0.15) is 0 Å². The van der Waals surface area contributed by atoms with Crippen LogP contribution < -0.4 is 5.32 Å². The van der Waals surface area contributed by atoms with Crippen LogP contribution >= 0.6 is 11.6 Å². The molecule has 20 heavy (non-hydrogen) atoms. The summed E-state index contributed by atoms with van der Waals surface area (Å²) < 4.78 is 4.84. The van der Waals surface area contributed by atoms with E-state index < -0.39 is 0 Å². The highest BCUT2D eigenvalue weighted by Gasteiger charge is 2.32. The number of hydrogen-bond donors (Lipinski definition) is 1. The van der Waals surface area contributed by atoms with Crippen LogP contribution in [0.2, 0.25) is 5.02 Å². The lowest BCUT2D eigenvalue weighted by Crippen LogP contribution is -2.39. The molecule has 2 rings (SSSR count). The average Bonchev–Trinajstić information content (AvgIpc) is 2.41. The lowest BCUT2D eigenvalue weighted by molar-refractivity contribution is 0.0601. The van der Waals surface area contributed by atoms with E-state index in [0.717, 1.165) is 12.1 Å². The van der Waals surface area contributed by atoms with E-state index in [-0.39, 0.29) is 11.4 Å². The molecule has 1 unspecified atom stereocenters. The molecule has 1 aromatic carbocycles. The summed E-state index contributed by atoms with van der Waals surface area (Å²) in [6.07, 6.45) is 4.82. The summed E-state index contributed by atoms with van der Waals surface area (Å²) in [4.78, 5) is 11.9. The predicted molar refractivity (Wildman–Crippen MR) is 82.5 cm³/mol. The van der Waals surface area contributed by atoms with E-state index in [1.54, 1.807) is 12.1 Å². The first-order chi connectivity index (χ1) is 9.44. The quantitative estimate of drug-likeness (QED) is 0.834. The predicted octanol–water partition coefficient (Wildman–Crippen LogP) is 4.51. The first kappa shape index (κ1) is 15.2. The van der Waals surface area contributed by atoms with Crippen LogP contribution in [0.15, 0.2) is 18.2 Å². The minimum Gasteiger partial charge on any atom is -0.465 e. The normalized spacial score (nSPS) is 21.3. The zero-order valence-electron chi connectivity index (χ0n) is 12.3. The second-order valence-electron chi connectivity index (χ2n) is 6.11. The molecule has 0 aromatic heterocycles. The summed E-state index contributed by atoms with van der Waals surface area (Å²) in [5, 5.41) is 4.06. The van der Waals surface area contributed by atoms with E-state index in [1.165, 1.54) is 26.4 Å². The minimum absolute atomic E-state index is 0.227. The highest BCUT2D eigenvalue weighted by atomic mass is 35.5. The Bertz CT molecular complexity index is 499. The Morgan fingerprint density at radius 2 is 2.15 bits per heavy atom. The SMILES string of the molecule is COC(=O)c1cc(Cl)ccc1NC1CCCCC1(C)C. The summed E-state index contributed by atoms with van der Waals surface area (Å²) >= 11 is 5.98. The van der Waals surface area contributed by atoms with Crippen LogP contribution in [0.1, 0.15) is 49.9 Å². The van der Waals surface area contributed by atoms with E-state index >= 15 is 0 Å². The molecule has 110 valence electrons. The number of nitrogens with one attached hydrogen (secondary N) is 1. The molecule has 4 heteroatoms. The molecule has 1 saturated carbocycles. The smallest absolute Gasteiger partial charge is 0.340 e. The second kappa shape index (κ2) is 6.04. The van der Waals surface area contributed by atoms with Gasteiger partial charge < -0.3 is 10.1 Å². The van der Waals surface area contributed by atoms with Crippen LogP contribution in [0.3, 0.4) is 0 Å². The van der Waals surface area contributed by atoms with Gasteiger partial charge in [-0.3, -0.25) is 0 Å². The Labute approximate surface area is 125 Å². The first-order valence-electron chi connectivity index (χ1n) is 7.08. The van der Waals surface area contributed by atoms with Gasteiger partial charge in [-0.25, -0.2) is 4.79 Å². The number of hydrogen-bond acceptors (Lipinski definition) is 3. The van der Waals surface area contributed by atoms with Crippen LogP contribution in [0.5, 0.6) is 0 Å². The van der Waals surface area contributed by atoms with Gasteiger partial charge in [-0.1, -0.05) is 38.3 Å². The van der Waals surface area contributed by atoms with Crippen molar-refractivity contribution in [3.63, 3.8) is 0 Å². The third-order valence-electron chi connectivity index (χ3n) is 4.22. The van der Waals surface area contributed by atoms with Gasteiger partial charge in [0.15, 0.2) is 0 Å². The van der Waals surface area contributed by atoms with Gasteiger partial charge in [0.25, 0.3) is 0 Å². The number of ether oxygens (including phenoxy) is 1. The summed E-state index contributed by atoms with van der Waals surface area (Å²) in [7, 11) is 1.39. The monoisotopic (exact) mass is 295 g/mol. The van der Waals surface area contributed by atoms with Crippen molar-refractivity contribution in [3.8, 4) is 0 Å². The Kier molecular flexibility index (Phi) is 4.59. The number of anilines is 1. The Morgan fingerprint density at radius 1 is 1.40 bits per heavy atom. The topological polar surface area (TPSA) is 38.3 Å². The second-order valence-corrected chi connectivity index (χ2v) is 6.55. The highest BCUT2D eigenvalue weighted by molar-refractivity contribution is 6.31.